The molecular formula is C78H48B2N4O4. The number of para-hydroxylation sites is 8. The van der Waals surface area contributed by atoms with Gasteiger partial charge in [-0.15, -0.1) is 0 Å². The van der Waals surface area contributed by atoms with Crippen molar-refractivity contribution in [3.05, 3.63) is 291 Å². The number of hydrogen-bond donors (Lipinski definition) is 0. The van der Waals surface area contributed by atoms with Gasteiger partial charge in [0.25, 0.3) is 13.4 Å². The highest BCUT2D eigenvalue weighted by Gasteiger charge is 2.48. The summed E-state index contributed by atoms with van der Waals surface area (Å²) in [7, 11) is 0. The monoisotopic (exact) mass is 1130 g/mol. The third-order valence-electron chi connectivity index (χ3n) is 18.3. The minimum absolute atomic E-state index is 0.241. The lowest BCUT2D eigenvalue weighted by atomic mass is 9.31. The van der Waals surface area contributed by atoms with Gasteiger partial charge < -0.3 is 37.9 Å². The Morgan fingerprint density at radius 1 is 0.273 bits per heavy atom. The van der Waals surface area contributed by atoms with Crippen LogP contribution in [-0.2, 0) is 0 Å². The van der Waals surface area contributed by atoms with Crippen LogP contribution in [0.4, 0.5) is 68.2 Å². The molecule has 0 saturated heterocycles. The molecule has 13 aromatic carbocycles. The van der Waals surface area contributed by atoms with Crippen LogP contribution in [-0.4, -0.2) is 13.4 Å². The summed E-state index contributed by atoms with van der Waals surface area (Å²) in [6.07, 6.45) is 0. The second kappa shape index (κ2) is 18.9. The summed E-state index contributed by atoms with van der Waals surface area (Å²) in [6, 6.07) is 104. The summed E-state index contributed by atoms with van der Waals surface area (Å²) < 4.78 is 29.0. The van der Waals surface area contributed by atoms with E-state index in [4.69, 9.17) is 18.3 Å². The first-order valence-corrected chi connectivity index (χ1v) is 30.0. The van der Waals surface area contributed by atoms with Gasteiger partial charge in [0.15, 0.2) is 22.7 Å². The van der Waals surface area contributed by atoms with E-state index in [-0.39, 0.29) is 13.4 Å². The zero-order valence-corrected chi connectivity index (χ0v) is 47.3. The Morgan fingerprint density at radius 3 is 1.01 bits per heavy atom. The van der Waals surface area contributed by atoms with Crippen molar-refractivity contribution >= 4 is 158 Å². The summed E-state index contributed by atoms with van der Waals surface area (Å²) in [5.41, 5.74) is 22.1. The minimum Gasteiger partial charge on any atom is -0.454 e. The van der Waals surface area contributed by atoms with Crippen molar-refractivity contribution in [1.29, 1.82) is 0 Å². The fourth-order valence-corrected chi connectivity index (χ4v) is 14.6. The highest BCUT2D eigenvalue weighted by molar-refractivity contribution is 7.02. The summed E-state index contributed by atoms with van der Waals surface area (Å²) in [6.45, 7) is -0.482. The molecule has 8 nitrogen and oxygen atoms in total. The molecule has 0 spiro atoms. The lowest BCUT2D eigenvalue weighted by molar-refractivity contribution is 0.481. The van der Waals surface area contributed by atoms with E-state index in [9.17, 15) is 0 Å². The van der Waals surface area contributed by atoms with Crippen molar-refractivity contribution in [2.75, 3.05) is 19.6 Å². The third-order valence-corrected chi connectivity index (χ3v) is 18.3. The minimum atomic E-state index is -0.241. The maximum Gasteiger partial charge on any atom is 0.256 e. The van der Waals surface area contributed by atoms with E-state index in [1.54, 1.807) is 0 Å². The Bertz CT molecular complexity index is 4910. The molecule has 0 amide bonds. The van der Waals surface area contributed by atoms with E-state index in [0.29, 0.717) is 11.2 Å². The number of benzene rings is 13. The number of furan rings is 2. The lowest BCUT2D eigenvalue weighted by Crippen LogP contribution is -2.63. The molecule has 15 aromatic rings. The first-order valence-electron chi connectivity index (χ1n) is 30.0. The van der Waals surface area contributed by atoms with Crippen LogP contribution in [0.2, 0.25) is 0 Å². The first-order chi connectivity index (χ1) is 43.7. The van der Waals surface area contributed by atoms with Gasteiger partial charge in [-0.2, -0.15) is 0 Å². The Labute approximate surface area is 507 Å². The molecule has 0 unspecified atom stereocenters. The Hall–Kier alpha value is -11.6. The molecule has 0 fully saturated rings. The van der Waals surface area contributed by atoms with E-state index in [0.717, 1.165) is 157 Å². The number of rotatable bonds is 8. The van der Waals surface area contributed by atoms with Crippen LogP contribution in [0.15, 0.2) is 300 Å². The number of ether oxygens (including phenoxy) is 2. The molecule has 19 rings (SSSR count). The van der Waals surface area contributed by atoms with Crippen LogP contribution in [0.3, 0.4) is 0 Å². The fraction of sp³-hybridized carbons (Fsp3) is 0. The van der Waals surface area contributed by atoms with Crippen LogP contribution in [0, 0.1) is 0 Å². The molecule has 0 aliphatic carbocycles. The van der Waals surface area contributed by atoms with Crippen molar-refractivity contribution < 1.29 is 18.3 Å². The molecule has 0 saturated carbocycles. The van der Waals surface area contributed by atoms with Crippen LogP contribution >= 0.6 is 0 Å². The molecule has 6 heterocycles. The van der Waals surface area contributed by atoms with Crippen molar-refractivity contribution in [3.8, 4) is 23.0 Å². The number of hydrogen-bond acceptors (Lipinski definition) is 8. The van der Waals surface area contributed by atoms with Gasteiger partial charge in [0.1, 0.15) is 22.7 Å². The Kier molecular flexibility index (Phi) is 10.5. The smallest absolute Gasteiger partial charge is 0.256 e. The van der Waals surface area contributed by atoms with Crippen molar-refractivity contribution in [1.82, 2.24) is 0 Å². The van der Waals surface area contributed by atoms with E-state index >= 15 is 0 Å². The van der Waals surface area contributed by atoms with Gasteiger partial charge >= 0.3 is 0 Å². The zero-order valence-electron chi connectivity index (χ0n) is 47.3. The largest absolute Gasteiger partial charge is 0.454 e. The molecule has 0 N–H and O–H groups in total. The van der Waals surface area contributed by atoms with Crippen LogP contribution in [0.25, 0.3) is 43.9 Å². The zero-order chi connectivity index (χ0) is 57.6. The molecule has 410 valence electrons. The topological polar surface area (TPSA) is 57.7 Å². The van der Waals surface area contributed by atoms with E-state index in [1.807, 2.05) is 0 Å². The number of nitrogens with zero attached hydrogens (tertiary/aromatic N) is 4. The third kappa shape index (κ3) is 7.17. The summed E-state index contributed by atoms with van der Waals surface area (Å²) >= 11 is 0. The predicted molar refractivity (Wildman–Crippen MR) is 362 cm³/mol. The summed E-state index contributed by atoms with van der Waals surface area (Å²) in [5.74, 6) is 3.05. The Morgan fingerprint density at radius 2 is 0.625 bits per heavy atom. The van der Waals surface area contributed by atoms with Gasteiger partial charge in [-0.3, -0.25) is 0 Å². The van der Waals surface area contributed by atoms with E-state index < -0.39 is 0 Å². The second-order valence-electron chi connectivity index (χ2n) is 23.1. The molecule has 10 heteroatoms. The van der Waals surface area contributed by atoms with Crippen molar-refractivity contribution in [2.45, 2.75) is 0 Å². The summed E-state index contributed by atoms with van der Waals surface area (Å²) in [5, 5.41) is 3.96. The first kappa shape index (κ1) is 48.7. The van der Waals surface area contributed by atoms with Crippen molar-refractivity contribution in [2.24, 2.45) is 0 Å². The molecule has 4 aliphatic rings. The molecule has 4 aliphatic heterocycles. The van der Waals surface area contributed by atoms with Crippen LogP contribution in [0.5, 0.6) is 23.0 Å². The van der Waals surface area contributed by atoms with Crippen LogP contribution in [0.1, 0.15) is 0 Å². The molecule has 2 aromatic heterocycles. The predicted octanol–water partition coefficient (Wildman–Crippen LogP) is 17.2. The highest BCUT2D eigenvalue weighted by Crippen LogP contribution is 2.52. The van der Waals surface area contributed by atoms with Gasteiger partial charge in [-0.1, -0.05) is 152 Å². The maximum atomic E-state index is 7.29. The van der Waals surface area contributed by atoms with Gasteiger partial charge in [-0.05, 0) is 149 Å². The average Bonchev–Trinajstić information content (AvgIpc) is 1.15. The standard InChI is InChI=1S/C78H48B2N4O4/c1-7-23-49(24-8-1)81(50-25-9-2-10-26-50)55-39-41-57-59-45-67-73-77(75(59)87-71(57)43-55)85-69-37-21-19-35-61(69)79(73)63-47-64-66(48-65(63)83(67)53-31-15-5-16-32-53)84(54-33-17-6-18-34-54)68-46-60-58-42-40-56(82(51-27-11-3-12-28-51)52-29-13-4-14-30-52)44-72(58)88-76(60)78-74(68)80(64)62-36-20-22-38-70(62)86-78/h1-48H. The van der Waals surface area contributed by atoms with E-state index in [2.05, 4.69) is 311 Å². The summed E-state index contributed by atoms with van der Waals surface area (Å²) in [4.78, 5) is 9.47. The molecule has 0 atom stereocenters. The average molecular weight is 1130 g/mol. The SMILES string of the molecule is c1ccc(N(c2ccccc2)c2ccc3c(c2)oc2c4c5c(cc23)N(c2ccccc2)c2cc3c(cc2B5c2ccccc2O4)B2c4ccccc4Oc4c2c(cc2c4oc4cc(N(c5ccccc5)c5ccccc5)ccc42)N3c2ccccc2)cc1. The van der Waals surface area contributed by atoms with Crippen LogP contribution < -0.4 is 61.9 Å². The lowest BCUT2D eigenvalue weighted by Gasteiger charge is -2.44. The van der Waals surface area contributed by atoms with Crippen molar-refractivity contribution in [3.63, 3.8) is 0 Å². The normalized spacial score (nSPS) is 13.1. The maximum absolute atomic E-state index is 7.29. The molecule has 0 radical (unpaired) electrons. The van der Waals surface area contributed by atoms with Gasteiger partial charge in [0.05, 0.1) is 0 Å². The molecule has 0 bridgehead atoms. The quantitative estimate of drug-likeness (QED) is 0.140. The van der Waals surface area contributed by atoms with Gasteiger partial charge in [0, 0.05) is 113 Å². The number of anilines is 12. The van der Waals surface area contributed by atoms with Gasteiger partial charge in [0.2, 0.25) is 0 Å². The highest BCUT2D eigenvalue weighted by atomic mass is 16.5. The Balaban J connectivity index is 0.857. The van der Waals surface area contributed by atoms with Gasteiger partial charge in [-0.25, -0.2) is 0 Å². The number of fused-ring (bicyclic) bond motifs is 16. The second-order valence-corrected chi connectivity index (χ2v) is 23.1. The molecular weight excluding hydrogens is 1080 g/mol. The molecule has 88 heavy (non-hydrogen) atoms. The van der Waals surface area contributed by atoms with E-state index in [1.165, 1.54) is 0 Å². The fourth-order valence-electron chi connectivity index (χ4n) is 14.6.